The number of hydrogen-bond donors (Lipinski definition) is 1. The monoisotopic (exact) mass is 457 g/mol. The Labute approximate surface area is 198 Å². The average Bonchev–Trinajstić information content (AvgIpc) is 3.32. The second-order valence-electron chi connectivity index (χ2n) is 7.64. The molecule has 4 aromatic rings. The topological polar surface area (TPSA) is 74.6 Å². The highest BCUT2D eigenvalue weighted by atomic mass is 16.5. The molecule has 34 heavy (non-hydrogen) atoms. The molecule has 0 unspecified atom stereocenters. The molecule has 0 saturated heterocycles. The number of methoxy groups -OCH3 is 3. The molecule has 3 aromatic carbocycles. The molecule has 0 spiro atoms. The van der Waals surface area contributed by atoms with E-state index in [1.807, 2.05) is 71.5 Å². The summed E-state index contributed by atoms with van der Waals surface area (Å²) in [6.45, 7) is 0.348. The van der Waals surface area contributed by atoms with Gasteiger partial charge in [-0.15, -0.1) is 0 Å². The van der Waals surface area contributed by atoms with Crippen LogP contribution in [0.5, 0.6) is 17.2 Å². The number of carbonyl (C=O) groups is 1. The standard InChI is InChI=1S/C27H27N3O4/c1-32-23-14-19(15-24(33-2)27(23)34-3)16-25(31)28-17-21-18-30(22-12-8-5-9-13-22)29-26(21)20-10-6-4-7-11-20/h4-15,18H,16-17H2,1-3H3,(H,28,31). The molecular weight excluding hydrogens is 430 g/mol. The number of hydrogen-bond acceptors (Lipinski definition) is 5. The molecule has 0 aliphatic rings. The van der Waals surface area contributed by atoms with Crippen molar-refractivity contribution in [3.8, 4) is 34.2 Å². The van der Waals surface area contributed by atoms with Gasteiger partial charge in [0.15, 0.2) is 11.5 Å². The summed E-state index contributed by atoms with van der Waals surface area (Å²) >= 11 is 0. The van der Waals surface area contributed by atoms with E-state index in [-0.39, 0.29) is 12.3 Å². The molecule has 0 radical (unpaired) electrons. The van der Waals surface area contributed by atoms with Crippen LogP contribution in [0.3, 0.4) is 0 Å². The largest absolute Gasteiger partial charge is 0.493 e. The quantitative estimate of drug-likeness (QED) is 0.403. The zero-order valence-corrected chi connectivity index (χ0v) is 19.4. The van der Waals surface area contributed by atoms with E-state index in [4.69, 9.17) is 19.3 Å². The van der Waals surface area contributed by atoms with Crippen LogP contribution >= 0.6 is 0 Å². The first-order chi connectivity index (χ1) is 16.6. The van der Waals surface area contributed by atoms with Crippen molar-refractivity contribution >= 4 is 5.91 Å². The van der Waals surface area contributed by atoms with Crippen LogP contribution in [0.1, 0.15) is 11.1 Å². The number of para-hydroxylation sites is 1. The van der Waals surface area contributed by atoms with Gasteiger partial charge in [-0.05, 0) is 29.8 Å². The Morgan fingerprint density at radius 3 is 2.09 bits per heavy atom. The highest BCUT2D eigenvalue weighted by Crippen LogP contribution is 2.38. The first-order valence-electron chi connectivity index (χ1n) is 10.9. The zero-order chi connectivity index (χ0) is 23.9. The van der Waals surface area contributed by atoms with Crippen LogP contribution in [-0.4, -0.2) is 37.0 Å². The Bertz CT molecular complexity index is 1230. The minimum absolute atomic E-state index is 0.124. The van der Waals surface area contributed by atoms with Crippen molar-refractivity contribution in [2.45, 2.75) is 13.0 Å². The van der Waals surface area contributed by atoms with E-state index < -0.39 is 0 Å². The predicted molar refractivity (Wildman–Crippen MR) is 131 cm³/mol. The van der Waals surface area contributed by atoms with Crippen LogP contribution < -0.4 is 19.5 Å². The Balaban J connectivity index is 1.54. The van der Waals surface area contributed by atoms with Gasteiger partial charge in [-0.25, -0.2) is 4.68 Å². The van der Waals surface area contributed by atoms with E-state index >= 15 is 0 Å². The number of ether oxygens (including phenoxy) is 3. The Kier molecular flexibility index (Phi) is 7.13. The van der Waals surface area contributed by atoms with Crippen molar-refractivity contribution in [2.75, 3.05) is 21.3 Å². The molecule has 0 aliphatic carbocycles. The maximum atomic E-state index is 12.8. The van der Waals surface area contributed by atoms with E-state index in [1.54, 1.807) is 33.5 Å². The third kappa shape index (κ3) is 5.04. The molecule has 1 N–H and O–H groups in total. The maximum absolute atomic E-state index is 12.8. The summed E-state index contributed by atoms with van der Waals surface area (Å²) in [7, 11) is 4.65. The fourth-order valence-corrected chi connectivity index (χ4v) is 3.77. The summed E-state index contributed by atoms with van der Waals surface area (Å²) in [5, 5.41) is 7.82. The Hall–Kier alpha value is -4.26. The van der Waals surface area contributed by atoms with Gasteiger partial charge in [-0.1, -0.05) is 48.5 Å². The smallest absolute Gasteiger partial charge is 0.224 e. The summed E-state index contributed by atoms with van der Waals surface area (Å²) < 4.78 is 18.0. The van der Waals surface area contributed by atoms with Crippen LogP contribution in [0.15, 0.2) is 79.0 Å². The molecule has 0 fully saturated rings. The molecule has 1 aromatic heterocycles. The van der Waals surface area contributed by atoms with Gasteiger partial charge in [0.05, 0.1) is 39.1 Å². The van der Waals surface area contributed by atoms with Gasteiger partial charge in [0.2, 0.25) is 11.7 Å². The number of aromatic nitrogens is 2. The van der Waals surface area contributed by atoms with E-state index in [0.717, 1.165) is 28.1 Å². The van der Waals surface area contributed by atoms with E-state index in [0.29, 0.717) is 23.8 Å². The summed E-state index contributed by atoms with van der Waals surface area (Å²) in [6.07, 6.45) is 2.13. The Morgan fingerprint density at radius 1 is 0.882 bits per heavy atom. The van der Waals surface area contributed by atoms with Crippen molar-refractivity contribution in [3.05, 3.63) is 90.1 Å². The molecule has 0 bridgehead atoms. The molecule has 7 nitrogen and oxygen atoms in total. The highest BCUT2D eigenvalue weighted by molar-refractivity contribution is 5.79. The fraction of sp³-hybridized carbons (Fsp3) is 0.185. The molecule has 0 aliphatic heterocycles. The van der Waals surface area contributed by atoms with Gasteiger partial charge in [0.25, 0.3) is 0 Å². The molecule has 0 saturated carbocycles. The van der Waals surface area contributed by atoms with E-state index in [9.17, 15) is 4.79 Å². The zero-order valence-electron chi connectivity index (χ0n) is 19.4. The van der Waals surface area contributed by atoms with Gasteiger partial charge in [0.1, 0.15) is 0 Å². The first-order valence-corrected chi connectivity index (χ1v) is 10.9. The van der Waals surface area contributed by atoms with Crippen molar-refractivity contribution in [1.29, 1.82) is 0 Å². The lowest BCUT2D eigenvalue weighted by molar-refractivity contribution is -0.120. The third-order valence-corrected chi connectivity index (χ3v) is 5.42. The van der Waals surface area contributed by atoms with Gasteiger partial charge in [0, 0.05) is 23.9 Å². The molecule has 1 amide bonds. The molecule has 7 heteroatoms. The second-order valence-corrected chi connectivity index (χ2v) is 7.64. The molecule has 1 heterocycles. The summed E-state index contributed by atoms with van der Waals surface area (Å²) in [5.41, 5.74) is 4.46. The number of amides is 1. The van der Waals surface area contributed by atoms with Crippen molar-refractivity contribution in [2.24, 2.45) is 0 Å². The third-order valence-electron chi connectivity index (χ3n) is 5.42. The van der Waals surface area contributed by atoms with Crippen LogP contribution in [0.25, 0.3) is 16.9 Å². The number of benzene rings is 3. The number of nitrogens with zero attached hydrogens (tertiary/aromatic N) is 2. The number of carbonyl (C=O) groups excluding carboxylic acids is 1. The SMILES string of the molecule is COc1cc(CC(=O)NCc2cn(-c3ccccc3)nc2-c2ccccc2)cc(OC)c1OC. The Morgan fingerprint density at radius 2 is 1.50 bits per heavy atom. The lowest BCUT2D eigenvalue weighted by Crippen LogP contribution is -2.24. The first kappa shape index (κ1) is 22.9. The number of rotatable bonds is 9. The summed E-state index contributed by atoms with van der Waals surface area (Å²) in [5.74, 6) is 1.40. The fourth-order valence-electron chi connectivity index (χ4n) is 3.77. The minimum Gasteiger partial charge on any atom is -0.493 e. The van der Waals surface area contributed by atoms with Gasteiger partial charge >= 0.3 is 0 Å². The second kappa shape index (κ2) is 10.6. The minimum atomic E-state index is -0.124. The molecule has 4 rings (SSSR count). The summed E-state index contributed by atoms with van der Waals surface area (Å²) in [6, 6.07) is 23.4. The lowest BCUT2D eigenvalue weighted by atomic mass is 10.1. The average molecular weight is 458 g/mol. The van der Waals surface area contributed by atoms with Crippen LogP contribution in [0.4, 0.5) is 0 Å². The van der Waals surface area contributed by atoms with Crippen LogP contribution in [0.2, 0.25) is 0 Å². The van der Waals surface area contributed by atoms with Crippen molar-refractivity contribution < 1.29 is 19.0 Å². The summed E-state index contributed by atoms with van der Waals surface area (Å²) in [4.78, 5) is 12.8. The van der Waals surface area contributed by atoms with Crippen molar-refractivity contribution in [3.63, 3.8) is 0 Å². The van der Waals surface area contributed by atoms with E-state index in [1.165, 1.54) is 0 Å². The van der Waals surface area contributed by atoms with Gasteiger partial charge in [-0.3, -0.25) is 4.79 Å². The van der Waals surface area contributed by atoms with Crippen LogP contribution in [-0.2, 0) is 17.8 Å². The van der Waals surface area contributed by atoms with E-state index in [2.05, 4.69) is 5.32 Å². The lowest BCUT2D eigenvalue weighted by Gasteiger charge is -2.14. The normalized spacial score (nSPS) is 10.6. The molecule has 0 atom stereocenters. The molecule has 174 valence electrons. The van der Waals surface area contributed by atoms with Crippen LogP contribution in [0, 0.1) is 0 Å². The number of nitrogens with one attached hydrogen (secondary N) is 1. The predicted octanol–water partition coefficient (Wildman–Crippen LogP) is 4.42. The van der Waals surface area contributed by atoms with Gasteiger partial charge in [-0.2, -0.15) is 5.10 Å². The van der Waals surface area contributed by atoms with Crippen molar-refractivity contribution in [1.82, 2.24) is 15.1 Å². The highest BCUT2D eigenvalue weighted by Gasteiger charge is 2.16. The molecular formula is C27H27N3O4. The maximum Gasteiger partial charge on any atom is 0.224 e. The van der Waals surface area contributed by atoms with Gasteiger partial charge < -0.3 is 19.5 Å².